The minimum atomic E-state index is -0.424. The third kappa shape index (κ3) is 2.33. The van der Waals surface area contributed by atoms with Crippen molar-refractivity contribution in [2.24, 2.45) is 16.9 Å². The lowest BCUT2D eigenvalue weighted by atomic mass is 9.54. The van der Waals surface area contributed by atoms with Gasteiger partial charge >= 0.3 is 6.92 Å². The molecule has 0 amide bonds. The Kier molecular flexibility index (Phi) is 3.30. The maximum absolute atomic E-state index is 6.20. The van der Waals surface area contributed by atoms with Gasteiger partial charge in [-0.25, -0.2) is 0 Å². The Morgan fingerprint density at radius 2 is 1.89 bits per heavy atom. The van der Waals surface area contributed by atoms with E-state index in [0.717, 1.165) is 11.9 Å². The highest BCUT2D eigenvalue weighted by atomic mass is 16.5. The van der Waals surface area contributed by atoms with Gasteiger partial charge in [-0.2, -0.15) is 0 Å². The van der Waals surface area contributed by atoms with Crippen molar-refractivity contribution >= 4 is 12.4 Å². The normalized spacial score (nSPS) is 21.6. The van der Waals surface area contributed by atoms with Gasteiger partial charge in [0.25, 0.3) is 0 Å². The second-order valence-electron chi connectivity index (χ2n) is 6.40. The lowest BCUT2D eigenvalue weighted by molar-refractivity contribution is 0.0375. The Morgan fingerprint density at radius 3 is 2.39 bits per heavy atom. The fourth-order valence-corrected chi connectivity index (χ4v) is 2.42. The first kappa shape index (κ1) is 13.6. The molecule has 0 unspecified atom stereocenters. The molecule has 0 aromatic heterocycles. The van der Waals surface area contributed by atoms with E-state index in [9.17, 15) is 0 Å². The van der Waals surface area contributed by atoms with Crippen LogP contribution in [0.15, 0.2) is 24.3 Å². The van der Waals surface area contributed by atoms with E-state index in [4.69, 9.17) is 16.1 Å². The first-order chi connectivity index (χ1) is 8.23. The van der Waals surface area contributed by atoms with Gasteiger partial charge in [-0.1, -0.05) is 38.1 Å². The van der Waals surface area contributed by atoms with Crippen LogP contribution in [0.25, 0.3) is 0 Å². The van der Waals surface area contributed by atoms with Crippen LogP contribution in [0.2, 0.25) is 6.32 Å². The Morgan fingerprint density at radius 1 is 1.22 bits per heavy atom. The van der Waals surface area contributed by atoms with Gasteiger partial charge in [-0.3, -0.25) is 0 Å². The van der Waals surface area contributed by atoms with Crippen LogP contribution in [0.4, 0.5) is 0 Å². The van der Waals surface area contributed by atoms with E-state index < -0.39 is 6.17 Å². The van der Waals surface area contributed by atoms with Gasteiger partial charge < -0.3 is 16.1 Å². The summed E-state index contributed by atoms with van der Waals surface area (Å²) in [5, 5.41) is 0. The average Bonchev–Trinajstić information content (AvgIpc) is 2.48. The minimum Gasteiger partial charge on any atom is -0.426 e. The van der Waals surface area contributed by atoms with Gasteiger partial charge in [-0.15, -0.1) is 0 Å². The molecule has 4 N–H and O–H groups in total. The zero-order chi connectivity index (χ0) is 13.6. The smallest absolute Gasteiger partial charge is 0.327 e. The van der Waals surface area contributed by atoms with Crippen molar-refractivity contribution in [1.29, 1.82) is 0 Å². The Balaban J connectivity index is 2.27. The van der Waals surface area contributed by atoms with Gasteiger partial charge in [0.2, 0.25) is 0 Å². The predicted molar refractivity (Wildman–Crippen MR) is 76.7 cm³/mol. The highest BCUT2D eigenvalue weighted by Crippen LogP contribution is 2.45. The number of nitrogens with two attached hydrogens (primary N) is 2. The van der Waals surface area contributed by atoms with Gasteiger partial charge in [0.1, 0.15) is 0 Å². The zero-order valence-electron chi connectivity index (χ0n) is 11.7. The first-order valence-corrected chi connectivity index (χ1v) is 6.52. The summed E-state index contributed by atoms with van der Waals surface area (Å²) in [6.07, 6.45) is 0.593. The molecule has 0 saturated carbocycles. The summed E-state index contributed by atoms with van der Waals surface area (Å²) in [4.78, 5) is 0. The van der Waals surface area contributed by atoms with E-state index in [1.54, 1.807) is 0 Å². The molecule has 3 nitrogen and oxygen atoms in total. The fraction of sp³-hybridized carbons (Fsp3) is 0.571. The van der Waals surface area contributed by atoms with E-state index >= 15 is 0 Å². The molecule has 1 aromatic rings. The molecule has 1 saturated heterocycles. The van der Waals surface area contributed by atoms with Gasteiger partial charge in [-0.05, 0) is 36.6 Å². The lowest BCUT2D eigenvalue weighted by Crippen LogP contribution is -2.36. The maximum atomic E-state index is 6.20. The average molecular weight is 246 g/mol. The van der Waals surface area contributed by atoms with Crippen molar-refractivity contribution in [3.05, 3.63) is 29.8 Å². The molecule has 4 heteroatoms. The molecule has 0 aliphatic carbocycles. The summed E-state index contributed by atoms with van der Waals surface area (Å²) in [6.45, 7) is 8.96. The van der Waals surface area contributed by atoms with Crippen LogP contribution in [0.1, 0.15) is 39.4 Å². The standard InChI is InChI=1S/C14H23BN2O/c1-13(2)9-15(18-14(13,3)4)11-7-5-6-10(8-11)12(16)17/h5-8,12H,9,16-17H2,1-4H3. The Hall–Kier alpha value is -0.835. The number of rotatable bonds is 2. The van der Waals surface area contributed by atoms with E-state index in [2.05, 4.69) is 39.8 Å². The van der Waals surface area contributed by atoms with Crippen molar-refractivity contribution in [2.45, 2.75) is 45.8 Å². The van der Waals surface area contributed by atoms with Crippen molar-refractivity contribution in [1.82, 2.24) is 0 Å². The second kappa shape index (κ2) is 4.37. The fourth-order valence-electron chi connectivity index (χ4n) is 2.42. The monoisotopic (exact) mass is 246 g/mol. The summed E-state index contributed by atoms with van der Waals surface area (Å²) in [6, 6.07) is 8.11. The zero-order valence-corrected chi connectivity index (χ0v) is 11.7. The van der Waals surface area contributed by atoms with Crippen LogP contribution < -0.4 is 16.9 Å². The van der Waals surface area contributed by atoms with Gasteiger partial charge in [0, 0.05) is 0 Å². The summed E-state index contributed by atoms with van der Waals surface area (Å²) in [7, 11) is 0. The molecule has 2 rings (SSSR count). The summed E-state index contributed by atoms with van der Waals surface area (Å²) >= 11 is 0. The van der Waals surface area contributed by atoms with Crippen LogP contribution in [-0.2, 0) is 4.65 Å². The van der Waals surface area contributed by atoms with Crippen molar-refractivity contribution in [3.8, 4) is 0 Å². The SMILES string of the molecule is CC1(C)CB(c2cccc(C(N)N)c2)OC1(C)C. The second-order valence-corrected chi connectivity index (χ2v) is 6.40. The number of hydrogen-bond acceptors (Lipinski definition) is 3. The first-order valence-electron chi connectivity index (χ1n) is 6.52. The number of benzene rings is 1. The van der Waals surface area contributed by atoms with E-state index in [1.807, 2.05) is 12.1 Å². The highest BCUT2D eigenvalue weighted by molar-refractivity contribution is 6.68. The molecule has 0 bridgehead atoms. The molecule has 1 aromatic carbocycles. The molecular formula is C14H23BN2O. The molecule has 0 atom stereocenters. The van der Waals surface area contributed by atoms with Crippen LogP contribution in [-0.4, -0.2) is 12.5 Å². The summed E-state index contributed by atoms with van der Waals surface area (Å²) < 4.78 is 6.20. The molecular weight excluding hydrogens is 223 g/mol. The Labute approximate surface area is 110 Å². The third-order valence-corrected chi connectivity index (χ3v) is 4.43. The van der Waals surface area contributed by atoms with Gasteiger partial charge in [0.15, 0.2) is 0 Å². The molecule has 1 fully saturated rings. The largest absolute Gasteiger partial charge is 0.426 e. The topological polar surface area (TPSA) is 61.3 Å². The van der Waals surface area contributed by atoms with Crippen molar-refractivity contribution < 1.29 is 4.65 Å². The maximum Gasteiger partial charge on any atom is 0.327 e. The summed E-state index contributed by atoms with van der Waals surface area (Å²) in [5.41, 5.74) is 13.6. The lowest BCUT2D eigenvalue weighted by Gasteiger charge is -2.34. The van der Waals surface area contributed by atoms with Crippen LogP contribution >= 0.6 is 0 Å². The molecule has 1 aliphatic heterocycles. The van der Waals surface area contributed by atoms with Crippen molar-refractivity contribution in [2.75, 3.05) is 0 Å². The van der Waals surface area contributed by atoms with Gasteiger partial charge in [0.05, 0.1) is 11.8 Å². The Bertz CT molecular complexity index is 427. The molecule has 98 valence electrons. The minimum absolute atomic E-state index is 0.113. The molecule has 1 heterocycles. The molecule has 0 spiro atoms. The van der Waals surface area contributed by atoms with E-state index in [0.29, 0.717) is 0 Å². The van der Waals surface area contributed by atoms with Crippen LogP contribution in [0.3, 0.4) is 0 Å². The predicted octanol–water partition coefficient (Wildman–Crippen LogP) is 1.64. The molecule has 0 radical (unpaired) electrons. The van der Waals surface area contributed by atoms with Crippen molar-refractivity contribution in [3.63, 3.8) is 0 Å². The number of hydrogen-bond donors (Lipinski definition) is 2. The third-order valence-electron chi connectivity index (χ3n) is 4.43. The van der Waals surface area contributed by atoms with E-state index in [1.165, 1.54) is 5.46 Å². The van der Waals surface area contributed by atoms with E-state index in [-0.39, 0.29) is 17.9 Å². The van der Waals surface area contributed by atoms with Crippen LogP contribution in [0, 0.1) is 5.41 Å². The summed E-state index contributed by atoms with van der Waals surface area (Å²) in [5.74, 6) is 0. The molecule has 18 heavy (non-hydrogen) atoms. The highest BCUT2D eigenvalue weighted by Gasteiger charge is 2.49. The quantitative estimate of drug-likeness (QED) is 0.616. The van der Waals surface area contributed by atoms with Crippen LogP contribution in [0.5, 0.6) is 0 Å². The molecule has 1 aliphatic rings.